The predicted molar refractivity (Wildman–Crippen MR) is 138 cm³/mol. The van der Waals surface area contributed by atoms with Crippen LogP contribution in [0.4, 0.5) is 0 Å². The molecule has 0 heterocycles. The Bertz CT molecular complexity index is 631. The Morgan fingerprint density at radius 3 is 1.92 bits per heavy atom. The van der Waals surface area contributed by atoms with Crippen LogP contribution in [-0.2, 0) is 32.7 Å². The number of unbranched alkanes of at least 4 members (excludes halogenated alkanes) is 9. The molecule has 11 heteroatoms. The lowest BCUT2D eigenvalue weighted by Crippen LogP contribution is -2.42. The highest BCUT2D eigenvalue weighted by atomic mass is 31.2. The summed E-state index contributed by atoms with van der Waals surface area (Å²) in [6.07, 6.45) is 10.7. The molecule has 0 aliphatic heterocycles. The number of ether oxygens (including phenoxy) is 2. The Morgan fingerprint density at radius 1 is 0.806 bits per heavy atom. The number of aliphatic hydroxyl groups excluding tert-OH is 1. The van der Waals surface area contributed by atoms with Gasteiger partial charge in [-0.15, -0.1) is 0 Å². The zero-order chi connectivity index (χ0) is 27.3. The second kappa shape index (κ2) is 21.0. The number of carbonyl (C=O) groups is 2. The van der Waals surface area contributed by atoms with E-state index in [0.717, 1.165) is 44.9 Å². The van der Waals surface area contributed by atoms with Gasteiger partial charge >= 0.3 is 19.8 Å². The molecule has 0 aromatic heterocycles. The molecule has 0 aliphatic rings. The first-order chi connectivity index (χ1) is 17.0. The lowest BCUT2D eigenvalue weighted by molar-refractivity contribution is -0.908. The molecule has 1 unspecified atom stereocenters. The summed E-state index contributed by atoms with van der Waals surface area (Å²) in [5.41, 5.74) is 0. The van der Waals surface area contributed by atoms with Crippen molar-refractivity contribution in [1.82, 2.24) is 0 Å². The first-order valence-corrected chi connectivity index (χ1v) is 14.9. The lowest BCUT2D eigenvalue weighted by Gasteiger charge is -2.27. The molecule has 0 amide bonds. The fraction of sp³-hybridized carbons (Fsp3) is 0.920. The molecule has 2 atom stereocenters. The quantitative estimate of drug-likeness (QED) is 0.0588. The average molecular weight is 541 g/mol. The number of hydrogen-bond acceptors (Lipinski definition) is 8. The van der Waals surface area contributed by atoms with Crippen molar-refractivity contribution in [2.75, 3.05) is 47.2 Å². The van der Waals surface area contributed by atoms with Gasteiger partial charge in [-0.3, -0.25) is 18.6 Å². The van der Waals surface area contributed by atoms with Crippen LogP contribution in [0.15, 0.2) is 0 Å². The van der Waals surface area contributed by atoms with Gasteiger partial charge in [0.25, 0.3) is 0 Å². The van der Waals surface area contributed by atoms with Crippen molar-refractivity contribution >= 4 is 19.8 Å². The summed E-state index contributed by atoms with van der Waals surface area (Å²) in [7, 11) is -0.942. The molecule has 0 rings (SSSR count). The highest BCUT2D eigenvalue weighted by molar-refractivity contribution is 7.47. The molecule has 36 heavy (non-hydrogen) atoms. The summed E-state index contributed by atoms with van der Waals surface area (Å²) in [6.45, 7) is 3.56. The second-order valence-electron chi connectivity index (χ2n) is 9.88. The molecule has 0 fully saturated rings. The van der Waals surface area contributed by atoms with Crippen molar-refractivity contribution in [2.24, 2.45) is 0 Å². The molecule has 214 valence electrons. The van der Waals surface area contributed by atoms with Gasteiger partial charge in [0.05, 0.1) is 20.7 Å². The molecule has 0 aliphatic carbocycles. The Morgan fingerprint density at radius 2 is 1.33 bits per heavy atom. The maximum Gasteiger partial charge on any atom is 0.472 e. The zero-order valence-electron chi connectivity index (χ0n) is 23.0. The minimum absolute atomic E-state index is 0.114. The van der Waals surface area contributed by atoms with Crippen LogP contribution >= 0.6 is 7.82 Å². The van der Waals surface area contributed by atoms with E-state index in [1.54, 1.807) is 14.1 Å². The molecule has 0 aromatic rings. The van der Waals surface area contributed by atoms with Gasteiger partial charge in [0.1, 0.15) is 19.8 Å². The minimum Gasteiger partial charge on any atom is -0.462 e. The van der Waals surface area contributed by atoms with Gasteiger partial charge in [0.2, 0.25) is 0 Å². The van der Waals surface area contributed by atoms with E-state index in [9.17, 15) is 24.2 Å². The van der Waals surface area contributed by atoms with Crippen LogP contribution in [0.1, 0.15) is 97.3 Å². The summed E-state index contributed by atoms with van der Waals surface area (Å²) in [6, 6.07) is 0. The first kappa shape index (κ1) is 35.0. The van der Waals surface area contributed by atoms with Crippen molar-refractivity contribution in [2.45, 2.75) is 103 Å². The van der Waals surface area contributed by atoms with Gasteiger partial charge in [0.15, 0.2) is 12.8 Å². The van der Waals surface area contributed by atoms with Crippen molar-refractivity contribution in [3.05, 3.63) is 0 Å². The lowest BCUT2D eigenvalue weighted by atomic mass is 10.1. The third-order valence-electron chi connectivity index (χ3n) is 5.70. The normalized spacial score (nSPS) is 14.3. The fourth-order valence-corrected chi connectivity index (χ4v) is 3.97. The van der Waals surface area contributed by atoms with Gasteiger partial charge in [-0.1, -0.05) is 71.6 Å². The van der Waals surface area contributed by atoms with Gasteiger partial charge in [-0.2, -0.15) is 0 Å². The monoisotopic (exact) mass is 540 g/mol. The van der Waals surface area contributed by atoms with E-state index in [1.165, 1.54) is 19.3 Å². The molecule has 0 bridgehead atoms. The van der Waals surface area contributed by atoms with Crippen LogP contribution in [0.25, 0.3) is 0 Å². The molecule has 2 N–H and O–H groups in total. The van der Waals surface area contributed by atoms with Gasteiger partial charge in [-0.25, -0.2) is 4.57 Å². The maximum absolute atomic E-state index is 12.2. The topological polar surface area (TPSA) is 129 Å². The number of phosphoric acid groups is 1. The number of hydrogen-bond donors (Lipinski definition) is 2. The molecular formula is C25H51NO9P+. The van der Waals surface area contributed by atoms with Crippen LogP contribution in [-0.4, -0.2) is 79.7 Å². The van der Waals surface area contributed by atoms with Crippen LogP contribution < -0.4 is 0 Å². The van der Waals surface area contributed by atoms with E-state index in [1.807, 2.05) is 0 Å². The van der Waals surface area contributed by atoms with Crippen molar-refractivity contribution in [1.29, 1.82) is 0 Å². The maximum atomic E-state index is 12.2. The van der Waals surface area contributed by atoms with E-state index in [2.05, 4.69) is 13.8 Å². The molecule has 10 nitrogen and oxygen atoms in total. The number of carbonyl (C=O) groups excluding carboxylic acids is 2. The largest absolute Gasteiger partial charge is 0.472 e. The van der Waals surface area contributed by atoms with E-state index >= 15 is 0 Å². The zero-order valence-corrected chi connectivity index (χ0v) is 23.8. The third kappa shape index (κ3) is 21.1. The molecule has 0 saturated heterocycles. The van der Waals surface area contributed by atoms with Crippen molar-refractivity contribution in [3.8, 4) is 0 Å². The second-order valence-corrected chi connectivity index (χ2v) is 11.3. The van der Waals surface area contributed by atoms with E-state index in [4.69, 9.17) is 18.5 Å². The number of rotatable bonds is 24. The summed E-state index contributed by atoms with van der Waals surface area (Å²) >= 11 is 0. The van der Waals surface area contributed by atoms with E-state index in [-0.39, 0.29) is 43.8 Å². The summed E-state index contributed by atoms with van der Waals surface area (Å²) in [4.78, 5) is 34.3. The van der Waals surface area contributed by atoms with Crippen LogP contribution in [0.3, 0.4) is 0 Å². The molecule has 0 radical (unpaired) electrons. The van der Waals surface area contributed by atoms with Gasteiger partial charge in [-0.05, 0) is 12.8 Å². The Kier molecular flexibility index (Phi) is 20.4. The molecule has 0 spiro atoms. The van der Waals surface area contributed by atoms with Gasteiger partial charge < -0.3 is 24.0 Å². The molecule has 0 aromatic carbocycles. The average Bonchev–Trinajstić information content (AvgIpc) is 2.82. The van der Waals surface area contributed by atoms with Crippen molar-refractivity contribution in [3.63, 3.8) is 0 Å². The van der Waals surface area contributed by atoms with Gasteiger partial charge in [0, 0.05) is 12.8 Å². The Labute approximate surface area is 217 Å². The summed E-state index contributed by atoms with van der Waals surface area (Å²) < 4.78 is 33.0. The Hall–Kier alpha value is -1.03. The number of quaternary nitrogens is 1. The number of phosphoric ester groups is 1. The standard InChI is InChI=1S/C25H50NO9P/c1-5-7-9-11-12-13-15-16-24(28)32-20-23(35-25(29)17-14-10-8-6-2)21-34-36(30,31)33-19-18-26(3,4)22-27/h23,27H,5-22H2,1-4H3/p+1/t23-/m0/s1. The number of esters is 2. The smallest absolute Gasteiger partial charge is 0.462 e. The third-order valence-corrected chi connectivity index (χ3v) is 6.69. The van der Waals surface area contributed by atoms with Crippen LogP contribution in [0.2, 0.25) is 0 Å². The van der Waals surface area contributed by atoms with Crippen molar-refractivity contribution < 1.29 is 47.2 Å². The predicted octanol–water partition coefficient (Wildman–Crippen LogP) is 4.71. The molecular weight excluding hydrogens is 489 g/mol. The number of aliphatic hydroxyl groups is 1. The minimum atomic E-state index is -4.42. The highest BCUT2D eigenvalue weighted by Gasteiger charge is 2.27. The fourth-order valence-electron chi connectivity index (χ4n) is 3.23. The first-order valence-electron chi connectivity index (χ1n) is 13.4. The van der Waals surface area contributed by atoms with E-state index in [0.29, 0.717) is 6.42 Å². The summed E-state index contributed by atoms with van der Waals surface area (Å²) in [5, 5.41) is 9.25. The highest BCUT2D eigenvalue weighted by Crippen LogP contribution is 2.43. The SMILES string of the molecule is CCCCCCCCCC(=O)OC[C@@H](COP(=O)(O)OCC[N+](C)(C)CO)OC(=O)CCCCCC. The number of likely N-dealkylation sites (N-methyl/N-ethyl adjacent to an activating group) is 1. The number of nitrogens with zero attached hydrogens (tertiary/aromatic N) is 1. The van der Waals surface area contributed by atoms with E-state index < -0.39 is 32.5 Å². The molecule has 0 saturated carbocycles. The Balaban J connectivity index is 4.60. The summed E-state index contributed by atoms with van der Waals surface area (Å²) in [5.74, 6) is -0.876. The van der Waals surface area contributed by atoms with Crippen LogP contribution in [0, 0.1) is 0 Å². The van der Waals surface area contributed by atoms with Crippen LogP contribution in [0.5, 0.6) is 0 Å².